The first-order valence-electron chi connectivity index (χ1n) is 14.0. The highest BCUT2D eigenvalue weighted by molar-refractivity contribution is 14.1. The monoisotopic (exact) mass is 701 g/mol. The predicted molar refractivity (Wildman–Crippen MR) is 168 cm³/mol. The topological polar surface area (TPSA) is 170 Å². The number of aromatic nitrogens is 2. The fourth-order valence-corrected chi connectivity index (χ4v) is 4.57. The van der Waals surface area contributed by atoms with Gasteiger partial charge in [-0.3, -0.25) is 9.59 Å². The maximum atomic E-state index is 12.1. The lowest BCUT2D eigenvalue weighted by Gasteiger charge is -2.19. The van der Waals surface area contributed by atoms with Crippen LogP contribution in [-0.2, 0) is 30.2 Å². The molecule has 2 aromatic rings. The SMILES string of the molecule is COc1cc(Cc2cnc(N)nc2N)cc(I)c1OCCCCC(=O)NCCOCCOCCCC(=O)OC(C)(C)C. The van der Waals surface area contributed by atoms with E-state index in [0.29, 0.717) is 89.0 Å². The zero-order valence-electron chi connectivity index (χ0n) is 25.0. The van der Waals surface area contributed by atoms with E-state index in [1.54, 1.807) is 13.3 Å². The molecule has 0 spiro atoms. The largest absolute Gasteiger partial charge is 0.493 e. The van der Waals surface area contributed by atoms with Gasteiger partial charge in [-0.2, -0.15) is 4.98 Å². The smallest absolute Gasteiger partial charge is 0.306 e. The predicted octanol–water partition coefficient (Wildman–Crippen LogP) is 3.67. The first-order valence-corrected chi connectivity index (χ1v) is 15.1. The highest BCUT2D eigenvalue weighted by atomic mass is 127. The molecule has 5 N–H and O–H groups in total. The van der Waals surface area contributed by atoms with Crippen LogP contribution < -0.4 is 26.3 Å². The van der Waals surface area contributed by atoms with Crippen molar-refractivity contribution in [1.82, 2.24) is 15.3 Å². The van der Waals surface area contributed by atoms with Gasteiger partial charge in [-0.15, -0.1) is 0 Å². The van der Waals surface area contributed by atoms with Gasteiger partial charge in [0.1, 0.15) is 11.4 Å². The standard InChI is InChI=1S/C29H44IN5O7/c1-29(2,3)42-25(37)9-7-11-39-14-15-40-13-10-33-24(36)8-5-6-12-41-26-22(30)17-20(18-23(26)38-4)16-21-19-34-28(32)35-27(21)31/h17-19H,5-16H2,1-4H3,(H,33,36)(H4,31,32,34,35). The lowest BCUT2D eigenvalue weighted by Crippen LogP contribution is -2.27. The number of ether oxygens (including phenoxy) is 5. The summed E-state index contributed by atoms with van der Waals surface area (Å²) in [6, 6.07) is 3.91. The quantitative estimate of drug-likeness (QED) is 0.111. The maximum absolute atomic E-state index is 12.1. The van der Waals surface area contributed by atoms with Gasteiger partial charge in [-0.25, -0.2) is 4.98 Å². The Labute approximate surface area is 261 Å². The molecule has 0 aliphatic rings. The van der Waals surface area contributed by atoms with E-state index in [0.717, 1.165) is 21.1 Å². The van der Waals surface area contributed by atoms with Crippen LogP contribution in [0.4, 0.5) is 11.8 Å². The van der Waals surface area contributed by atoms with Gasteiger partial charge in [0.15, 0.2) is 11.5 Å². The Bertz CT molecular complexity index is 1140. The molecule has 0 saturated heterocycles. The molecule has 0 unspecified atom stereocenters. The number of hydrogen-bond donors (Lipinski definition) is 3. The lowest BCUT2D eigenvalue weighted by atomic mass is 10.1. The number of methoxy groups -OCH3 is 1. The Morgan fingerprint density at radius 1 is 0.976 bits per heavy atom. The molecule has 12 nitrogen and oxygen atoms in total. The van der Waals surface area contributed by atoms with Crippen LogP contribution in [-0.4, -0.2) is 74.1 Å². The Hall–Kier alpha value is -2.91. The molecule has 234 valence electrons. The number of rotatable bonds is 19. The van der Waals surface area contributed by atoms with E-state index in [1.165, 1.54) is 0 Å². The number of carbonyl (C=O) groups is 2. The summed E-state index contributed by atoms with van der Waals surface area (Å²) in [6.45, 7) is 8.15. The van der Waals surface area contributed by atoms with E-state index in [9.17, 15) is 9.59 Å². The highest BCUT2D eigenvalue weighted by Gasteiger charge is 2.16. The number of halogens is 1. The molecule has 0 radical (unpaired) electrons. The minimum absolute atomic E-state index is 0.0283. The van der Waals surface area contributed by atoms with Crippen molar-refractivity contribution in [3.63, 3.8) is 0 Å². The molecule has 0 saturated carbocycles. The number of hydrogen-bond acceptors (Lipinski definition) is 11. The Morgan fingerprint density at radius 2 is 1.71 bits per heavy atom. The molecule has 1 amide bonds. The van der Waals surface area contributed by atoms with E-state index < -0.39 is 5.60 Å². The molecule has 1 heterocycles. The van der Waals surface area contributed by atoms with E-state index >= 15 is 0 Å². The number of unbranched alkanes of at least 4 members (excludes halogenated alkanes) is 1. The van der Waals surface area contributed by atoms with Gasteiger partial charge < -0.3 is 40.5 Å². The molecular weight excluding hydrogens is 657 g/mol. The van der Waals surface area contributed by atoms with Gasteiger partial charge in [0, 0.05) is 44.2 Å². The molecule has 0 fully saturated rings. The Kier molecular flexibility index (Phi) is 15.6. The van der Waals surface area contributed by atoms with Crippen molar-refractivity contribution in [2.24, 2.45) is 0 Å². The zero-order valence-corrected chi connectivity index (χ0v) is 27.2. The van der Waals surface area contributed by atoms with Crippen LogP contribution in [0.2, 0.25) is 0 Å². The van der Waals surface area contributed by atoms with Gasteiger partial charge in [0.25, 0.3) is 0 Å². The summed E-state index contributed by atoms with van der Waals surface area (Å²) in [5, 5.41) is 2.85. The average molecular weight is 702 g/mol. The van der Waals surface area contributed by atoms with Crippen LogP contribution in [0.15, 0.2) is 18.3 Å². The number of esters is 1. The second-order valence-electron chi connectivity index (χ2n) is 10.5. The summed E-state index contributed by atoms with van der Waals surface area (Å²) in [6.07, 6.45) is 4.90. The van der Waals surface area contributed by atoms with Gasteiger partial charge in [-0.05, 0) is 80.3 Å². The van der Waals surface area contributed by atoms with Crippen LogP contribution in [0, 0.1) is 3.57 Å². The third-order valence-corrected chi connectivity index (χ3v) is 6.48. The minimum atomic E-state index is -0.467. The number of anilines is 2. The van der Waals surface area contributed by atoms with Crippen molar-refractivity contribution in [1.29, 1.82) is 0 Å². The van der Waals surface area contributed by atoms with Gasteiger partial charge in [0.05, 0.1) is 37.1 Å². The van der Waals surface area contributed by atoms with E-state index in [-0.39, 0.29) is 17.8 Å². The van der Waals surface area contributed by atoms with Crippen LogP contribution in [0.25, 0.3) is 0 Å². The van der Waals surface area contributed by atoms with Crippen molar-refractivity contribution < 1.29 is 33.3 Å². The first kappa shape index (κ1) is 35.3. The van der Waals surface area contributed by atoms with Crippen LogP contribution in [0.5, 0.6) is 11.5 Å². The van der Waals surface area contributed by atoms with Crippen molar-refractivity contribution in [2.45, 2.75) is 64.9 Å². The number of amides is 1. The molecule has 0 aliphatic carbocycles. The van der Waals surface area contributed by atoms with Crippen LogP contribution in [0.3, 0.4) is 0 Å². The average Bonchev–Trinajstić information content (AvgIpc) is 2.90. The maximum Gasteiger partial charge on any atom is 0.306 e. The normalized spacial score (nSPS) is 11.3. The van der Waals surface area contributed by atoms with E-state index in [2.05, 4.69) is 37.9 Å². The number of nitrogen functional groups attached to an aromatic ring is 2. The summed E-state index contributed by atoms with van der Waals surface area (Å²) < 4.78 is 28.6. The summed E-state index contributed by atoms with van der Waals surface area (Å²) in [5.74, 6) is 1.53. The zero-order chi connectivity index (χ0) is 31.0. The van der Waals surface area contributed by atoms with Gasteiger partial charge >= 0.3 is 5.97 Å². The molecule has 0 bridgehead atoms. The minimum Gasteiger partial charge on any atom is -0.493 e. The first-order chi connectivity index (χ1) is 20.0. The number of nitrogens with two attached hydrogens (primary N) is 2. The fraction of sp³-hybridized carbons (Fsp3) is 0.586. The number of nitrogens with one attached hydrogen (secondary N) is 1. The van der Waals surface area contributed by atoms with Crippen LogP contribution >= 0.6 is 22.6 Å². The molecule has 13 heteroatoms. The number of benzene rings is 1. The number of nitrogens with zero attached hydrogens (tertiary/aromatic N) is 2. The van der Waals surface area contributed by atoms with Gasteiger partial charge in [0.2, 0.25) is 11.9 Å². The van der Waals surface area contributed by atoms with Crippen molar-refractivity contribution in [2.75, 3.05) is 58.2 Å². The van der Waals surface area contributed by atoms with Crippen molar-refractivity contribution >= 4 is 46.2 Å². The van der Waals surface area contributed by atoms with E-state index in [4.69, 9.17) is 35.2 Å². The van der Waals surface area contributed by atoms with Gasteiger partial charge in [-0.1, -0.05) is 0 Å². The highest BCUT2D eigenvalue weighted by Crippen LogP contribution is 2.35. The third-order valence-electron chi connectivity index (χ3n) is 5.68. The molecule has 0 atom stereocenters. The Morgan fingerprint density at radius 3 is 2.40 bits per heavy atom. The fourth-order valence-electron chi connectivity index (χ4n) is 3.75. The summed E-state index contributed by atoms with van der Waals surface area (Å²) >= 11 is 2.21. The lowest BCUT2D eigenvalue weighted by molar-refractivity contribution is -0.155. The third kappa shape index (κ3) is 14.3. The second-order valence-corrected chi connectivity index (χ2v) is 11.7. The second kappa shape index (κ2) is 18.6. The summed E-state index contributed by atoms with van der Waals surface area (Å²) in [7, 11) is 1.60. The molecule has 2 rings (SSSR count). The molecular formula is C29H44IN5O7. The molecule has 1 aromatic heterocycles. The van der Waals surface area contributed by atoms with E-state index in [1.807, 2.05) is 32.9 Å². The van der Waals surface area contributed by atoms with Crippen molar-refractivity contribution in [3.8, 4) is 11.5 Å². The number of carbonyl (C=O) groups excluding carboxylic acids is 2. The Balaban J connectivity index is 1.55. The molecule has 0 aliphatic heterocycles. The van der Waals surface area contributed by atoms with Crippen LogP contribution in [0.1, 0.15) is 64.0 Å². The summed E-state index contributed by atoms with van der Waals surface area (Å²) in [4.78, 5) is 31.8. The molecule has 1 aromatic carbocycles. The molecule has 42 heavy (non-hydrogen) atoms. The van der Waals surface area contributed by atoms with Crippen molar-refractivity contribution in [3.05, 3.63) is 33.0 Å². The summed E-state index contributed by atoms with van der Waals surface area (Å²) in [5.41, 5.74) is 12.8.